The molecule has 0 saturated heterocycles. The summed E-state index contributed by atoms with van der Waals surface area (Å²) in [5.74, 6) is 0. The molecule has 0 spiro atoms. The molecule has 0 aromatic heterocycles. The third-order valence-electron chi connectivity index (χ3n) is 3.17. The first-order valence-electron chi connectivity index (χ1n) is 6.48. The Labute approximate surface area is 125 Å². The summed E-state index contributed by atoms with van der Waals surface area (Å²) in [5.41, 5.74) is 0. The molecule has 0 bridgehead atoms. The van der Waals surface area contributed by atoms with Gasteiger partial charge >= 0.3 is 0 Å². The van der Waals surface area contributed by atoms with E-state index in [0.717, 1.165) is 0 Å². The fourth-order valence-electron chi connectivity index (χ4n) is 2.13. The zero-order chi connectivity index (χ0) is 15.5. The molecule has 6 heteroatoms. The van der Waals surface area contributed by atoms with E-state index in [1.807, 2.05) is 0 Å². The highest BCUT2D eigenvalue weighted by atomic mass is 32.3. The van der Waals surface area contributed by atoms with Gasteiger partial charge in [0.25, 0.3) is 0 Å². The Morgan fingerprint density at radius 3 is 1.33 bits per heavy atom. The topological polar surface area (TPSA) is 68.3 Å². The van der Waals surface area contributed by atoms with Crippen LogP contribution in [0.25, 0.3) is 0 Å². The van der Waals surface area contributed by atoms with E-state index in [2.05, 4.69) is 0 Å². The molecule has 2 aromatic rings. The fourth-order valence-corrected chi connectivity index (χ4v) is 6.69. The largest absolute Gasteiger partial charge is 0.222 e. The summed E-state index contributed by atoms with van der Waals surface area (Å²) in [6, 6.07) is 15.3. The van der Waals surface area contributed by atoms with Gasteiger partial charge in [0.05, 0.1) is 9.79 Å². The maximum Gasteiger partial charge on any atom is 0.195 e. The summed E-state index contributed by atoms with van der Waals surface area (Å²) in [6.45, 7) is 1.56. The third-order valence-corrected chi connectivity index (χ3v) is 8.60. The van der Waals surface area contributed by atoms with Crippen molar-refractivity contribution in [2.45, 2.75) is 27.7 Å². The van der Waals surface area contributed by atoms with E-state index in [4.69, 9.17) is 0 Å². The number of sulfone groups is 2. The van der Waals surface area contributed by atoms with Gasteiger partial charge in [-0.15, -0.1) is 0 Å². The van der Waals surface area contributed by atoms with Gasteiger partial charge in [-0.1, -0.05) is 43.3 Å². The molecule has 0 aliphatic rings. The Bertz CT molecular complexity index is 726. The summed E-state index contributed by atoms with van der Waals surface area (Å²) in [6.07, 6.45) is -0.00550. The monoisotopic (exact) mass is 324 g/mol. The van der Waals surface area contributed by atoms with E-state index in [1.54, 1.807) is 43.3 Å². The van der Waals surface area contributed by atoms with Gasteiger partial charge in [-0.05, 0) is 30.7 Å². The molecule has 0 aliphatic heterocycles. The summed E-state index contributed by atoms with van der Waals surface area (Å²) in [4.78, 5) is 0.0488. The molecule has 0 radical (unpaired) electrons. The second-order valence-corrected chi connectivity index (χ2v) is 9.11. The van der Waals surface area contributed by atoms with E-state index in [1.165, 1.54) is 24.3 Å². The smallest absolute Gasteiger partial charge is 0.195 e. The predicted octanol–water partition coefficient (Wildman–Crippen LogP) is 2.67. The van der Waals surface area contributed by atoms with Crippen LogP contribution in [0.5, 0.6) is 0 Å². The Balaban J connectivity index is 2.55. The SMILES string of the molecule is CCC(S(=O)(=O)c1ccccc1)S(=O)(=O)c1ccccc1. The van der Waals surface area contributed by atoms with E-state index in [9.17, 15) is 16.8 Å². The van der Waals surface area contributed by atoms with Crippen LogP contribution in [-0.2, 0) is 19.7 Å². The molecule has 0 fully saturated rings. The van der Waals surface area contributed by atoms with Crippen molar-refractivity contribution in [3.63, 3.8) is 0 Å². The first-order chi connectivity index (χ1) is 9.90. The maximum atomic E-state index is 12.6. The van der Waals surface area contributed by atoms with Gasteiger partial charge in [-0.2, -0.15) is 0 Å². The minimum Gasteiger partial charge on any atom is -0.222 e. The van der Waals surface area contributed by atoms with Crippen molar-refractivity contribution in [2.24, 2.45) is 0 Å². The van der Waals surface area contributed by atoms with Crippen LogP contribution in [0, 0.1) is 0 Å². The summed E-state index contributed by atoms with van der Waals surface area (Å²) >= 11 is 0. The first kappa shape index (κ1) is 15.7. The van der Waals surface area contributed by atoms with Crippen molar-refractivity contribution in [2.75, 3.05) is 0 Å². The number of rotatable bonds is 5. The van der Waals surface area contributed by atoms with Crippen molar-refractivity contribution in [1.82, 2.24) is 0 Å². The molecule has 112 valence electrons. The molecule has 0 saturated carbocycles. The van der Waals surface area contributed by atoms with Crippen LogP contribution in [0.4, 0.5) is 0 Å². The molecule has 21 heavy (non-hydrogen) atoms. The van der Waals surface area contributed by atoms with Crippen molar-refractivity contribution < 1.29 is 16.8 Å². The Morgan fingerprint density at radius 2 is 1.05 bits per heavy atom. The van der Waals surface area contributed by atoms with Gasteiger partial charge in [0.15, 0.2) is 24.3 Å². The Morgan fingerprint density at radius 1 is 0.714 bits per heavy atom. The van der Waals surface area contributed by atoms with E-state index in [0.29, 0.717) is 0 Å². The van der Waals surface area contributed by atoms with E-state index in [-0.39, 0.29) is 16.2 Å². The zero-order valence-electron chi connectivity index (χ0n) is 11.5. The first-order valence-corrected chi connectivity index (χ1v) is 9.58. The van der Waals surface area contributed by atoms with Crippen LogP contribution >= 0.6 is 0 Å². The second kappa shape index (κ2) is 5.99. The molecular weight excluding hydrogens is 308 g/mol. The van der Waals surface area contributed by atoms with Crippen LogP contribution in [-0.4, -0.2) is 21.4 Å². The number of hydrogen-bond donors (Lipinski definition) is 0. The molecule has 0 N–H and O–H groups in total. The third kappa shape index (κ3) is 3.01. The average molecular weight is 324 g/mol. The van der Waals surface area contributed by atoms with Crippen molar-refractivity contribution >= 4 is 19.7 Å². The van der Waals surface area contributed by atoms with Gasteiger partial charge in [0, 0.05) is 0 Å². The molecule has 2 rings (SSSR count). The van der Waals surface area contributed by atoms with Crippen LogP contribution in [0.2, 0.25) is 0 Å². The summed E-state index contributed by atoms with van der Waals surface area (Å²) < 4.78 is 48.9. The minimum atomic E-state index is -3.94. The summed E-state index contributed by atoms with van der Waals surface area (Å²) in [7, 11) is -7.89. The lowest BCUT2D eigenvalue weighted by Crippen LogP contribution is -2.30. The lowest BCUT2D eigenvalue weighted by molar-refractivity contribution is 0.572. The highest BCUT2D eigenvalue weighted by Gasteiger charge is 2.38. The van der Waals surface area contributed by atoms with Gasteiger partial charge < -0.3 is 0 Å². The van der Waals surface area contributed by atoms with Crippen LogP contribution in [0.3, 0.4) is 0 Å². The van der Waals surface area contributed by atoms with Crippen molar-refractivity contribution in [3.05, 3.63) is 60.7 Å². The van der Waals surface area contributed by atoms with Gasteiger partial charge in [-0.25, -0.2) is 16.8 Å². The average Bonchev–Trinajstić information content (AvgIpc) is 2.49. The van der Waals surface area contributed by atoms with Gasteiger partial charge in [-0.3, -0.25) is 0 Å². The van der Waals surface area contributed by atoms with E-state index >= 15 is 0 Å². The zero-order valence-corrected chi connectivity index (χ0v) is 13.1. The van der Waals surface area contributed by atoms with Crippen LogP contribution in [0.1, 0.15) is 13.3 Å². The predicted molar refractivity (Wildman–Crippen MR) is 81.3 cm³/mol. The molecule has 0 heterocycles. The lowest BCUT2D eigenvalue weighted by atomic mass is 10.4. The molecular formula is C15H16O4S2. The minimum absolute atomic E-state index is 0.00550. The summed E-state index contributed by atoms with van der Waals surface area (Å²) in [5, 5.41) is 0. The highest BCUT2D eigenvalue weighted by molar-refractivity contribution is 8.09. The van der Waals surface area contributed by atoms with Gasteiger partial charge in [0.2, 0.25) is 0 Å². The molecule has 0 unspecified atom stereocenters. The Kier molecular flexibility index (Phi) is 4.49. The molecule has 0 amide bonds. The van der Waals surface area contributed by atoms with Gasteiger partial charge in [0.1, 0.15) is 0 Å². The maximum absolute atomic E-state index is 12.6. The van der Waals surface area contributed by atoms with Crippen molar-refractivity contribution in [3.8, 4) is 0 Å². The normalized spacial score (nSPS) is 12.5. The quantitative estimate of drug-likeness (QED) is 0.848. The fraction of sp³-hybridized carbons (Fsp3) is 0.200. The number of hydrogen-bond acceptors (Lipinski definition) is 4. The van der Waals surface area contributed by atoms with Crippen LogP contribution < -0.4 is 0 Å². The standard InChI is InChI=1S/C15H16O4S2/c1-2-15(20(16,17)13-9-5-3-6-10-13)21(18,19)14-11-7-4-8-12-14/h3-12,15H,2H2,1H3. The van der Waals surface area contributed by atoms with E-state index < -0.39 is 24.3 Å². The molecule has 2 aromatic carbocycles. The molecule has 0 atom stereocenters. The lowest BCUT2D eigenvalue weighted by Gasteiger charge is -2.16. The highest BCUT2D eigenvalue weighted by Crippen LogP contribution is 2.27. The Hall–Kier alpha value is -1.66. The molecule has 0 aliphatic carbocycles. The molecule has 4 nitrogen and oxygen atoms in total. The van der Waals surface area contributed by atoms with Crippen LogP contribution in [0.15, 0.2) is 70.5 Å². The second-order valence-electron chi connectivity index (χ2n) is 4.55. The van der Waals surface area contributed by atoms with Crippen molar-refractivity contribution in [1.29, 1.82) is 0 Å². The number of benzene rings is 2.